The summed E-state index contributed by atoms with van der Waals surface area (Å²) < 4.78 is 58.3. The molecule has 0 radical (unpaired) electrons. The number of ether oxygens (including phenoxy) is 1. The first-order valence-corrected chi connectivity index (χ1v) is 10.3. The predicted octanol–water partition coefficient (Wildman–Crippen LogP) is 2.66. The van der Waals surface area contributed by atoms with Gasteiger partial charge in [0.25, 0.3) is 0 Å². The number of sulfonamides is 1. The fourth-order valence-corrected chi connectivity index (χ4v) is 4.35. The lowest BCUT2D eigenvalue weighted by atomic mass is 10.0. The monoisotopic (exact) mass is 396 g/mol. The zero-order valence-corrected chi connectivity index (χ0v) is 15.8. The third-order valence-electron chi connectivity index (χ3n) is 4.68. The van der Waals surface area contributed by atoms with Crippen LogP contribution in [0.4, 0.5) is 8.78 Å². The SMILES string of the molecule is CN1CCN(S(=O)(=O)CCOc2ccc(F)cc2)CC1c1ccc(F)cc1. The molecule has 2 aromatic carbocycles. The van der Waals surface area contributed by atoms with Gasteiger partial charge in [0.15, 0.2) is 0 Å². The van der Waals surface area contributed by atoms with E-state index in [1.165, 1.54) is 40.7 Å². The Morgan fingerprint density at radius 2 is 1.59 bits per heavy atom. The summed E-state index contributed by atoms with van der Waals surface area (Å²) in [5.74, 6) is -0.433. The Balaban J connectivity index is 1.61. The van der Waals surface area contributed by atoms with Crippen LogP contribution in [0.2, 0.25) is 0 Å². The number of piperazine rings is 1. The second kappa shape index (κ2) is 8.33. The molecule has 0 bridgehead atoms. The highest BCUT2D eigenvalue weighted by Gasteiger charge is 2.32. The molecular formula is C19H22F2N2O3S. The van der Waals surface area contributed by atoms with Crippen molar-refractivity contribution in [2.45, 2.75) is 6.04 Å². The average Bonchev–Trinajstić information content (AvgIpc) is 2.64. The van der Waals surface area contributed by atoms with E-state index in [4.69, 9.17) is 4.74 Å². The minimum Gasteiger partial charge on any atom is -0.492 e. The van der Waals surface area contributed by atoms with E-state index in [0.29, 0.717) is 25.4 Å². The smallest absolute Gasteiger partial charge is 0.217 e. The Morgan fingerprint density at radius 3 is 2.22 bits per heavy atom. The summed E-state index contributed by atoms with van der Waals surface area (Å²) in [6.07, 6.45) is 0. The van der Waals surface area contributed by atoms with Gasteiger partial charge in [-0.25, -0.2) is 17.2 Å². The number of benzene rings is 2. The Kier molecular flexibility index (Phi) is 6.08. The van der Waals surface area contributed by atoms with Crippen LogP contribution in [-0.2, 0) is 10.0 Å². The topological polar surface area (TPSA) is 49.9 Å². The summed E-state index contributed by atoms with van der Waals surface area (Å²) in [6, 6.07) is 11.4. The van der Waals surface area contributed by atoms with E-state index in [9.17, 15) is 17.2 Å². The molecule has 1 aliphatic rings. The average molecular weight is 396 g/mol. The van der Waals surface area contributed by atoms with E-state index in [-0.39, 0.29) is 30.0 Å². The van der Waals surface area contributed by atoms with Gasteiger partial charge in [-0.3, -0.25) is 4.90 Å². The van der Waals surface area contributed by atoms with Gasteiger partial charge in [-0.15, -0.1) is 0 Å². The predicted molar refractivity (Wildman–Crippen MR) is 99.0 cm³/mol. The Labute approximate surface area is 158 Å². The lowest BCUT2D eigenvalue weighted by Gasteiger charge is -2.39. The van der Waals surface area contributed by atoms with Crippen molar-refractivity contribution in [2.24, 2.45) is 0 Å². The van der Waals surface area contributed by atoms with Gasteiger partial charge in [-0.05, 0) is 49.0 Å². The number of hydrogen-bond donors (Lipinski definition) is 0. The standard InChI is InChI=1S/C19H22F2N2O3S/c1-22-10-11-23(14-19(22)15-2-4-16(20)5-3-15)27(24,25)13-12-26-18-8-6-17(21)7-9-18/h2-9,19H,10-14H2,1H3. The third-order valence-corrected chi connectivity index (χ3v) is 6.48. The second-order valence-corrected chi connectivity index (χ2v) is 8.61. The normalized spacial score (nSPS) is 19.1. The molecule has 1 saturated heterocycles. The Bertz CT molecular complexity index is 858. The largest absolute Gasteiger partial charge is 0.492 e. The van der Waals surface area contributed by atoms with Gasteiger partial charge in [0, 0.05) is 25.7 Å². The van der Waals surface area contributed by atoms with Crippen molar-refractivity contribution >= 4 is 10.0 Å². The first-order valence-electron chi connectivity index (χ1n) is 8.67. The van der Waals surface area contributed by atoms with Gasteiger partial charge in [0.05, 0.1) is 5.75 Å². The molecule has 146 valence electrons. The van der Waals surface area contributed by atoms with E-state index in [0.717, 1.165) is 5.56 Å². The molecule has 0 aromatic heterocycles. The summed E-state index contributed by atoms with van der Waals surface area (Å²) in [4.78, 5) is 2.06. The van der Waals surface area contributed by atoms with Gasteiger partial charge >= 0.3 is 0 Å². The molecule has 3 rings (SSSR count). The fraction of sp³-hybridized carbons (Fsp3) is 0.368. The van der Waals surface area contributed by atoms with Crippen LogP contribution in [0.15, 0.2) is 48.5 Å². The van der Waals surface area contributed by atoms with Crippen molar-refractivity contribution in [3.05, 3.63) is 65.7 Å². The molecule has 0 amide bonds. The highest BCUT2D eigenvalue weighted by Crippen LogP contribution is 2.26. The maximum Gasteiger partial charge on any atom is 0.217 e. The van der Waals surface area contributed by atoms with Gasteiger partial charge in [-0.1, -0.05) is 12.1 Å². The summed E-state index contributed by atoms with van der Waals surface area (Å²) in [6.45, 7) is 1.27. The van der Waals surface area contributed by atoms with E-state index >= 15 is 0 Å². The van der Waals surface area contributed by atoms with Crippen molar-refractivity contribution < 1.29 is 21.9 Å². The maximum atomic E-state index is 13.2. The van der Waals surface area contributed by atoms with Crippen LogP contribution in [0.25, 0.3) is 0 Å². The van der Waals surface area contributed by atoms with Crippen LogP contribution in [-0.4, -0.2) is 56.7 Å². The zero-order chi connectivity index (χ0) is 19.4. The molecule has 0 spiro atoms. The van der Waals surface area contributed by atoms with Crippen molar-refractivity contribution in [3.63, 3.8) is 0 Å². The molecule has 0 N–H and O–H groups in total. The molecule has 27 heavy (non-hydrogen) atoms. The van der Waals surface area contributed by atoms with Gasteiger partial charge < -0.3 is 4.74 Å². The van der Waals surface area contributed by atoms with Crippen LogP contribution in [0.5, 0.6) is 5.75 Å². The van der Waals surface area contributed by atoms with Crippen LogP contribution in [0.3, 0.4) is 0 Å². The zero-order valence-electron chi connectivity index (χ0n) is 15.0. The number of rotatable bonds is 6. The summed E-state index contributed by atoms with van der Waals surface area (Å²) in [7, 11) is -1.57. The quantitative estimate of drug-likeness (QED) is 0.753. The van der Waals surface area contributed by atoms with E-state index in [1.807, 2.05) is 7.05 Å². The minimum atomic E-state index is -3.50. The van der Waals surface area contributed by atoms with Crippen LogP contribution < -0.4 is 4.74 Å². The third kappa shape index (κ3) is 5.03. The summed E-state index contributed by atoms with van der Waals surface area (Å²) in [5.41, 5.74) is 0.876. The molecule has 2 aromatic rings. The molecule has 8 heteroatoms. The molecule has 1 aliphatic heterocycles. The molecule has 1 fully saturated rings. The van der Waals surface area contributed by atoms with Crippen LogP contribution in [0.1, 0.15) is 11.6 Å². The first-order chi connectivity index (χ1) is 12.8. The van der Waals surface area contributed by atoms with Gasteiger partial charge in [-0.2, -0.15) is 4.31 Å². The van der Waals surface area contributed by atoms with Gasteiger partial charge in [0.1, 0.15) is 24.0 Å². The van der Waals surface area contributed by atoms with E-state index in [1.54, 1.807) is 12.1 Å². The first kappa shape index (κ1) is 19.7. The molecule has 1 atom stereocenters. The highest BCUT2D eigenvalue weighted by molar-refractivity contribution is 7.89. The number of hydrogen-bond acceptors (Lipinski definition) is 4. The van der Waals surface area contributed by atoms with Gasteiger partial charge in [0.2, 0.25) is 10.0 Å². The van der Waals surface area contributed by atoms with Crippen molar-refractivity contribution in [3.8, 4) is 5.75 Å². The molecule has 0 aliphatic carbocycles. The van der Waals surface area contributed by atoms with Crippen molar-refractivity contribution in [1.29, 1.82) is 0 Å². The molecular weight excluding hydrogens is 374 g/mol. The summed E-state index contributed by atoms with van der Waals surface area (Å²) in [5, 5.41) is 0. The van der Waals surface area contributed by atoms with Crippen molar-refractivity contribution in [1.82, 2.24) is 9.21 Å². The second-order valence-electron chi connectivity index (χ2n) is 6.52. The van der Waals surface area contributed by atoms with Crippen LogP contribution in [0, 0.1) is 11.6 Å². The molecule has 0 saturated carbocycles. The maximum absolute atomic E-state index is 13.2. The number of halogens is 2. The number of likely N-dealkylation sites (N-methyl/N-ethyl adjacent to an activating group) is 1. The molecule has 1 heterocycles. The Morgan fingerprint density at radius 1 is 1.00 bits per heavy atom. The molecule has 1 unspecified atom stereocenters. The van der Waals surface area contributed by atoms with Crippen molar-refractivity contribution in [2.75, 3.05) is 39.0 Å². The number of nitrogens with zero attached hydrogens (tertiary/aromatic N) is 2. The van der Waals surface area contributed by atoms with E-state index < -0.39 is 10.0 Å². The van der Waals surface area contributed by atoms with E-state index in [2.05, 4.69) is 4.90 Å². The fourth-order valence-electron chi connectivity index (χ4n) is 3.07. The minimum absolute atomic E-state index is 0.0124. The Hall–Kier alpha value is -2.03. The van der Waals surface area contributed by atoms with Crippen LogP contribution >= 0.6 is 0 Å². The molecule has 5 nitrogen and oxygen atoms in total. The lowest BCUT2D eigenvalue weighted by molar-refractivity contribution is 0.148. The highest BCUT2D eigenvalue weighted by atomic mass is 32.2. The lowest BCUT2D eigenvalue weighted by Crippen LogP contribution is -2.49. The summed E-state index contributed by atoms with van der Waals surface area (Å²) >= 11 is 0.